The lowest BCUT2D eigenvalue weighted by atomic mass is 9.54. The van der Waals surface area contributed by atoms with Crippen molar-refractivity contribution in [3.63, 3.8) is 0 Å². The molecular weight excluding hydrogens is 652 g/mol. The molecule has 4 aliphatic rings. The van der Waals surface area contributed by atoms with Gasteiger partial charge in [-0.25, -0.2) is 9.18 Å². The predicted molar refractivity (Wildman–Crippen MR) is 152 cm³/mol. The number of alkyl halides is 3. The van der Waals surface area contributed by atoms with E-state index in [1.165, 1.54) is 0 Å². The highest BCUT2D eigenvalue weighted by Crippen LogP contribution is 2.72. The fourth-order valence-corrected chi connectivity index (χ4v) is 8.15. The van der Waals surface area contributed by atoms with E-state index < -0.39 is 40.2 Å². The minimum absolute atomic E-state index is 0.0110. The van der Waals surface area contributed by atoms with Gasteiger partial charge in [0.25, 0.3) is 5.56 Å². The molecule has 2 saturated carbocycles. The van der Waals surface area contributed by atoms with Crippen LogP contribution in [0.3, 0.4) is 0 Å². The minimum Gasteiger partial charge on any atom is -0.444 e. The predicted octanol–water partition coefficient (Wildman–Crippen LogP) is 5.22. The van der Waals surface area contributed by atoms with Crippen LogP contribution in [0.2, 0.25) is 0 Å². The number of amides is 2. The first kappa shape index (κ1) is 29.2. The standard InChI is InChI=1S/C29H29BrF4N6O4/c1-27(2,3)44-26(43)38-9-8-28(15-5-7-19(15)38)16-11-14(16)22-21(28)23(42)40-25(36-24(30)37-40)39(22)12-20(41)35-18-6-4-13(10-17(18)31)29(32,33)34/h4,6,10,14-16,19H,5,7-9,11-12H2,1-3H3,(H,35,41)/t14-,15+,16+,19-,28-/m0/s1. The van der Waals surface area contributed by atoms with E-state index in [1.54, 1.807) is 9.47 Å². The number of nitrogens with zero attached hydrogens (tertiary/aromatic N) is 5. The summed E-state index contributed by atoms with van der Waals surface area (Å²) in [5.74, 6) is -1.62. The first-order chi connectivity index (χ1) is 20.6. The van der Waals surface area contributed by atoms with Crippen LogP contribution in [0.1, 0.15) is 69.2 Å². The molecule has 234 valence electrons. The van der Waals surface area contributed by atoms with Crippen molar-refractivity contribution in [3.8, 4) is 0 Å². The smallest absolute Gasteiger partial charge is 0.416 e. The van der Waals surface area contributed by atoms with Crippen LogP contribution in [0.15, 0.2) is 27.7 Å². The maximum atomic E-state index is 14.5. The maximum absolute atomic E-state index is 14.5. The van der Waals surface area contributed by atoms with Crippen molar-refractivity contribution in [1.29, 1.82) is 0 Å². The van der Waals surface area contributed by atoms with Crippen LogP contribution < -0.4 is 10.9 Å². The molecule has 44 heavy (non-hydrogen) atoms. The molecule has 1 aliphatic heterocycles. The Kier molecular flexibility index (Phi) is 6.32. The molecule has 3 fully saturated rings. The lowest BCUT2D eigenvalue weighted by Crippen LogP contribution is -2.64. The van der Waals surface area contributed by atoms with E-state index in [2.05, 4.69) is 31.3 Å². The van der Waals surface area contributed by atoms with Crippen molar-refractivity contribution >= 4 is 39.4 Å². The van der Waals surface area contributed by atoms with Crippen LogP contribution in [-0.2, 0) is 27.7 Å². The van der Waals surface area contributed by atoms with Gasteiger partial charge in [-0.1, -0.05) is 0 Å². The molecule has 7 rings (SSSR count). The first-order valence-electron chi connectivity index (χ1n) is 14.5. The molecule has 5 atom stereocenters. The molecule has 1 N–H and O–H groups in total. The van der Waals surface area contributed by atoms with Crippen LogP contribution in [0.25, 0.3) is 5.78 Å². The summed E-state index contributed by atoms with van der Waals surface area (Å²) in [6.07, 6.45) is -2.10. The number of fused-ring (bicyclic) bond motifs is 8. The Morgan fingerprint density at radius 1 is 1.18 bits per heavy atom. The van der Waals surface area contributed by atoms with Gasteiger partial charge in [-0.3, -0.25) is 9.59 Å². The fraction of sp³-hybridized carbons (Fsp3) is 0.552. The number of nitrogens with one attached hydrogen (secondary N) is 1. The second-order valence-electron chi connectivity index (χ2n) is 13.1. The van der Waals surface area contributed by atoms with Gasteiger partial charge in [0.1, 0.15) is 18.0 Å². The van der Waals surface area contributed by atoms with Crippen LogP contribution in [0, 0.1) is 17.7 Å². The molecule has 0 unspecified atom stereocenters. The topological polar surface area (TPSA) is 111 Å². The van der Waals surface area contributed by atoms with E-state index in [4.69, 9.17) is 4.74 Å². The van der Waals surface area contributed by atoms with Crippen molar-refractivity contribution in [2.75, 3.05) is 11.9 Å². The Morgan fingerprint density at radius 3 is 2.57 bits per heavy atom. The number of ether oxygens (including phenoxy) is 1. The number of likely N-dealkylation sites (tertiary alicyclic amines) is 1. The second kappa shape index (κ2) is 9.51. The lowest BCUT2D eigenvalue weighted by molar-refractivity contribution is -0.137. The van der Waals surface area contributed by atoms with Crippen molar-refractivity contribution in [1.82, 2.24) is 24.1 Å². The van der Waals surface area contributed by atoms with Crippen molar-refractivity contribution < 1.29 is 31.9 Å². The molecule has 3 aliphatic carbocycles. The monoisotopic (exact) mass is 680 g/mol. The Morgan fingerprint density at radius 2 is 1.93 bits per heavy atom. The van der Waals surface area contributed by atoms with Gasteiger partial charge in [0, 0.05) is 35.2 Å². The molecule has 0 bridgehead atoms. The summed E-state index contributed by atoms with van der Waals surface area (Å²) in [5, 5.41) is 6.63. The summed E-state index contributed by atoms with van der Waals surface area (Å²) in [7, 11) is 0. The van der Waals surface area contributed by atoms with E-state index in [9.17, 15) is 31.9 Å². The van der Waals surface area contributed by atoms with Gasteiger partial charge < -0.3 is 19.5 Å². The molecule has 10 nitrogen and oxygen atoms in total. The largest absolute Gasteiger partial charge is 0.444 e. The summed E-state index contributed by atoms with van der Waals surface area (Å²) in [5.41, 5.74) is -1.77. The average Bonchev–Trinajstić information content (AvgIpc) is 3.51. The number of rotatable bonds is 3. The Labute approximate surface area is 256 Å². The molecule has 3 aromatic rings. The molecular formula is C29H29BrF4N6O4. The second-order valence-corrected chi connectivity index (χ2v) is 13.9. The molecule has 15 heteroatoms. The highest BCUT2D eigenvalue weighted by molar-refractivity contribution is 9.10. The Balaban J connectivity index is 1.25. The normalized spacial score (nSPS) is 27.0. The number of aromatic nitrogens is 4. The Hall–Kier alpha value is -3.49. The minimum atomic E-state index is -4.73. The highest BCUT2D eigenvalue weighted by Gasteiger charge is 2.70. The third kappa shape index (κ3) is 4.36. The van der Waals surface area contributed by atoms with Crippen LogP contribution >= 0.6 is 15.9 Å². The third-order valence-electron chi connectivity index (χ3n) is 9.59. The summed E-state index contributed by atoms with van der Waals surface area (Å²) >= 11 is 3.23. The number of benzene rings is 1. The van der Waals surface area contributed by atoms with Crippen molar-refractivity contribution in [3.05, 3.63) is 55.9 Å². The van der Waals surface area contributed by atoms with Gasteiger partial charge >= 0.3 is 12.3 Å². The van der Waals surface area contributed by atoms with Crippen molar-refractivity contribution in [2.24, 2.45) is 11.8 Å². The van der Waals surface area contributed by atoms with Crippen LogP contribution in [-0.4, -0.2) is 54.3 Å². The Bertz CT molecular complexity index is 1800. The average molecular weight is 681 g/mol. The van der Waals surface area contributed by atoms with Gasteiger partial charge in [0.15, 0.2) is 0 Å². The van der Waals surface area contributed by atoms with E-state index in [0.717, 1.165) is 29.8 Å². The number of anilines is 1. The SMILES string of the molecule is CC(C)(C)OC(=O)N1CC[C@]2(c3c(n(CC(=O)Nc4ccc(C(F)(F)F)cc4F)c4nc(Br)nn4c3=O)[C@H]3C[C@H]32)[C@@H]2CC[C@@H]21. The van der Waals surface area contributed by atoms with E-state index in [0.29, 0.717) is 36.4 Å². The van der Waals surface area contributed by atoms with Gasteiger partial charge in [-0.15, -0.1) is 5.10 Å². The molecule has 2 amide bonds. The van der Waals surface area contributed by atoms with E-state index in [-0.39, 0.29) is 52.5 Å². The lowest BCUT2D eigenvalue weighted by Gasteiger charge is -2.57. The molecule has 1 saturated heterocycles. The maximum Gasteiger partial charge on any atom is 0.416 e. The zero-order chi connectivity index (χ0) is 31.5. The molecule has 1 aromatic carbocycles. The summed E-state index contributed by atoms with van der Waals surface area (Å²) in [4.78, 5) is 46.6. The summed E-state index contributed by atoms with van der Waals surface area (Å²) < 4.78 is 62.2. The van der Waals surface area contributed by atoms with Gasteiger partial charge in [0.05, 0.1) is 11.3 Å². The molecule has 0 radical (unpaired) electrons. The summed E-state index contributed by atoms with van der Waals surface area (Å²) in [6.45, 7) is 5.52. The van der Waals surface area contributed by atoms with Gasteiger partial charge in [-0.2, -0.15) is 22.7 Å². The number of carbonyl (C=O) groups excluding carboxylic acids is 2. The molecule has 1 spiro atoms. The number of piperidine rings is 1. The third-order valence-corrected chi connectivity index (χ3v) is 9.93. The molecule has 3 heterocycles. The van der Waals surface area contributed by atoms with E-state index >= 15 is 0 Å². The first-order valence-corrected chi connectivity index (χ1v) is 15.2. The zero-order valence-corrected chi connectivity index (χ0v) is 25.6. The van der Waals surface area contributed by atoms with Gasteiger partial charge in [0.2, 0.25) is 16.4 Å². The number of hydrogen-bond donors (Lipinski definition) is 1. The fourth-order valence-electron chi connectivity index (χ4n) is 7.84. The number of hydrogen-bond acceptors (Lipinski definition) is 6. The van der Waals surface area contributed by atoms with Crippen LogP contribution in [0.4, 0.5) is 28.0 Å². The number of halogens is 5. The molecule has 2 aromatic heterocycles. The van der Waals surface area contributed by atoms with Gasteiger partial charge in [-0.05, 0) is 92.4 Å². The summed E-state index contributed by atoms with van der Waals surface area (Å²) in [6, 6.07) is 1.82. The van der Waals surface area contributed by atoms with E-state index in [1.807, 2.05) is 20.8 Å². The zero-order valence-electron chi connectivity index (χ0n) is 24.0. The number of carbonyl (C=O) groups is 2. The highest BCUT2D eigenvalue weighted by atomic mass is 79.9. The quantitative estimate of drug-likeness (QED) is 0.380. The van der Waals surface area contributed by atoms with Crippen LogP contribution in [0.5, 0.6) is 0 Å². The van der Waals surface area contributed by atoms with Crippen molar-refractivity contribution in [2.45, 2.75) is 82.2 Å².